The molecule has 0 unspecified atom stereocenters. The van der Waals surface area contributed by atoms with Crippen molar-refractivity contribution in [3.63, 3.8) is 0 Å². The maximum Gasteiger partial charge on any atom is 0.338 e. The molecule has 0 bridgehead atoms. The molecule has 0 amide bonds. The molecule has 0 fully saturated rings. The molecule has 0 aliphatic carbocycles. The van der Waals surface area contributed by atoms with Crippen molar-refractivity contribution in [2.24, 2.45) is 0 Å². The van der Waals surface area contributed by atoms with Gasteiger partial charge in [-0.15, -0.1) is 0 Å². The third-order valence-corrected chi connectivity index (χ3v) is 1.82. The molecule has 0 saturated carbocycles. The molecule has 16 heavy (non-hydrogen) atoms. The van der Waals surface area contributed by atoms with Crippen molar-refractivity contribution in [3.05, 3.63) is 41.0 Å². The van der Waals surface area contributed by atoms with Gasteiger partial charge in [-0.05, 0) is 6.07 Å². The average molecular weight is 223 g/mol. The van der Waals surface area contributed by atoms with E-state index in [4.69, 9.17) is 10.4 Å². The maximum atomic E-state index is 13.2. The first-order valence-corrected chi connectivity index (χ1v) is 4.32. The molecule has 0 aliphatic heterocycles. The van der Waals surface area contributed by atoms with E-state index in [9.17, 15) is 13.6 Å². The van der Waals surface area contributed by atoms with Crippen LogP contribution in [0.4, 0.5) is 8.78 Å². The average Bonchev–Trinajstić information content (AvgIpc) is 2.21. The highest BCUT2D eigenvalue weighted by Gasteiger charge is 2.13. The monoisotopic (exact) mass is 223 g/mol. The van der Waals surface area contributed by atoms with Gasteiger partial charge in [0.1, 0.15) is 11.6 Å². The summed E-state index contributed by atoms with van der Waals surface area (Å²) in [5, 5.41) is 16.9. The van der Waals surface area contributed by atoms with E-state index in [1.54, 1.807) is 6.07 Å². The van der Waals surface area contributed by atoms with Gasteiger partial charge in [0.25, 0.3) is 0 Å². The Morgan fingerprint density at radius 1 is 1.44 bits per heavy atom. The van der Waals surface area contributed by atoms with Crippen LogP contribution in [0.5, 0.6) is 0 Å². The number of aromatic carboxylic acids is 1. The predicted molar refractivity (Wildman–Crippen MR) is 52.6 cm³/mol. The summed E-state index contributed by atoms with van der Waals surface area (Å²) in [4.78, 5) is 10.6. The molecule has 1 aromatic carbocycles. The van der Waals surface area contributed by atoms with Gasteiger partial charge in [0, 0.05) is 11.6 Å². The largest absolute Gasteiger partial charge is 0.478 e. The van der Waals surface area contributed by atoms with E-state index in [2.05, 4.69) is 0 Å². The Balaban J connectivity index is 3.16. The van der Waals surface area contributed by atoms with Gasteiger partial charge in [-0.2, -0.15) is 5.26 Å². The van der Waals surface area contributed by atoms with Crippen molar-refractivity contribution in [1.82, 2.24) is 0 Å². The Morgan fingerprint density at radius 2 is 2.12 bits per heavy atom. The second kappa shape index (κ2) is 5.03. The Kier molecular flexibility index (Phi) is 3.72. The second-order valence-electron chi connectivity index (χ2n) is 2.92. The van der Waals surface area contributed by atoms with Crippen LogP contribution in [0.2, 0.25) is 0 Å². The Labute approximate surface area is 90.2 Å². The topological polar surface area (TPSA) is 61.1 Å². The van der Waals surface area contributed by atoms with Crippen LogP contribution in [0, 0.1) is 23.0 Å². The zero-order valence-corrected chi connectivity index (χ0v) is 8.08. The smallest absolute Gasteiger partial charge is 0.338 e. The molecule has 0 radical (unpaired) electrons. The van der Waals surface area contributed by atoms with Crippen molar-refractivity contribution in [1.29, 1.82) is 5.26 Å². The molecule has 5 heteroatoms. The number of carbonyl (C=O) groups is 1. The molecule has 0 aliphatic rings. The van der Waals surface area contributed by atoms with Crippen LogP contribution in [0.1, 0.15) is 22.3 Å². The third-order valence-electron chi connectivity index (χ3n) is 1.82. The lowest BCUT2D eigenvalue weighted by atomic mass is 10.1. The quantitative estimate of drug-likeness (QED) is 0.856. The molecule has 0 heterocycles. The molecule has 1 N–H and O–H groups in total. The van der Waals surface area contributed by atoms with Crippen LogP contribution in [0.25, 0.3) is 6.08 Å². The van der Waals surface area contributed by atoms with Gasteiger partial charge in [-0.1, -0.05) is 12.2 Å². The lowest BCUT2D eigenvalue weighted by molar-refractivity contribution is 0.0691. The molecule has 1 rings (SSSR count). The van der Waals surface area contributed by atoms with Crippen LogP contribution >= 0.6 is 0 Å². The molecule has 0 spiro atoms. The molecular weight excluding hydrogens is 216 g/mol. The number of rotatable bonds is 3. The summed E-state index contributed by atoms with van der Waals surface area (Å²) in [6.07, 6.45) is 2.67. The molecule has 0 atom stereocenters. The first kappa shape index (κ1) is 11.9. The fraction of sp³-hybridized carbons (Fsp3) is 0.0909. The minimum Gasteiger partial charge on any atom is -0.478 e. The summed E-state index contributed by atoms with van der Waals surface area (Å²) >= 11 is 0. The lowest BCUT2D eigenvalue weighted by Crippen LogP contribution is -2.02. The van der Waals surface area contributed by atoms with E-state index >= 15 is 0 Å². The number of nitrogens with zero attached hydrogens (tertiary/aromatic N) is 1. The highest BCUT2D eigenvalue weighted by molar-refractivity contribution is 5.88. The molecule has 1 aromatic rings. The summed E-state index contributed by atoms with van der Waals surface area (Å²) in [7, 11) is 0. The fourth-order valence-electron chi connectivity index (χ4n) is 1.10. The van der Waals surface area contributed by atoms with Crippen LogP contribution in [-0.2, 0) is 0 Å². The number of halogens is 2. The van der Waals surface area contributed by atoms with Gasteiger partial charge in [0.05, 0.1) is 18.1 Å². The molecule has 3 nitrogen and oxygen atoms in total. The van der Waals surface area contributed by atoms with Gasteiger partial charge in [0.15, 0.2) is 0 Å². The highest BCUT2D eigenvalue weighted by Crippen LogP contribution is 2.16. The van der Waals surface area contributed by atoms with Crippen molar-refractivity contribution in [2.45, 2.75) is 6.42 Å². The number of nitriles is 1. The standard InChI is InChI=1S/C11H7F2NO2/c12-9-6-10(13)8(11(15)16)5-7(9)3-1-2-4-14/h1,3,5-6H,2H2,(H,15,16). The maximum absolute atomic E-state index is 13.2. The summed E-state index contributed by atoms with van der Waals surface area (Å²) in [5.41, 5.74) is -0.660. The number of hydrogen-bond acceptors (Lipinski definition) is 2. The summed E-state index contributed by atoms with van der Waals surface area (Å²) in [6.45, 7) is 0. The fourth-order valence-corrected chi connectivity index (χ4v) is 1.10. The first-order chi connectivity index (χ1) is 7.56. The Bertz CT molecular complexity index is 489. The van der Waals surface area contributed by atoms with Crippen LogP contribution in [0.15, 0.2) is 18.2 Å². The van der Waals surface area contributed by atoms with Crippen LogP contribution in [-0.4, -0.2) is 11.1 Å². The van der Waals surface area contributed by atoms with E-state index in [0.29, 0.717) is 6.07 Å². The van der Waals surface area contributed by atoms with Gasteiger partial charge in [0.2, 0.25) is 0 Å². The van der Waals surface area contributed by atoms with Gasteiger partial charge in [-0.3, -0.25) is 0 Å². The van der Waals surface area contributed by atoms with Gasteiger partial charge >= 0.3 is 5.97 Å². The first-order valence-electron chi connectivity index (χ1n) is 4.32. The normalized spacial score (nSPS) is 10.3. The molecule has 0 aromatic heterocycles. The summed E-state index contributed by atoms with van der Waals surface area (Å²) in [6, 6.07) is 3.21. The Morgan fingerprint density at radius 3 is 2.69 bits per heavy atom. The molecule has 82 valence electrons. The molecule has 0 saturated heterocycles. The van der Waals surface area contributed by atoms with E-state index in [-0.39, 0.29) is 12.0 Å². The van der Waals surface area contributed by atoms with Gasteiger partial charge < -0.3 is 5.11 Å². The van der Waals surface area contributed by atoms with Crippen molar-refractivity contribution in [2.75, 3.05) is 0 Å². The summed E-state index contributed by atoms with van der Waals surface area (Å²) < 4.78 is 26.1. The number of carboxylic acids is 1. The lowest BCUT2D eigenvalue weighted by Gasteiger charge is -2.01. The highest BCUT2D eigenvalue weighted by atomic mass is 19.1. The van der Waals surface area contributed by atoms with Crippen molar-refractivity contribution in [3.8, 4) is 6.07 Å². The number of benzene rings is 1. The van der Waals surface area contributed by atoms with Gasteiger partial charge in [-0.25, -0.2) is 13.6 Å². The minimum absolute atomic E-state index is 0.0611. The van der Waals surface area contributed by atoms with Crippen LogP contribution in [0.3, 0.4) is 0 Å². The van der Waals surface area contributed by atoms with Crippen LogP contribution < -0.4 is 0 Å². The van der Waals surface area contributed by atoms with E-state index in [1.165, 1.54) is 12.2 Å². The van der Waals surface area contributed by atoms with E-state index in [0.717, 1.165) is 6.07 Å². The van der Waals surface area contributed by atoms with Crippen molar-refractivity contribution < 1.29 is 18.7 Å². The number of hydrogen-bond donors (Lipinski definition) is 1. The SMILES string of the molecule is N#CCC=Cc1cc(C(=O)O)c(F)cc1F. The second-order valence-corrected chi connectivity index (χ2v) is 2.92. The number of carboxylic acid groups (broad SMARTS) is 1. The predicted octanol–water partition coefficient (Wildman–Crippen LogP) is 2.59. The minimum atomic E-state index is -1.47. The molecular formula is C11H7F2NO2. The third kappa shape index (κ3) is 2.64. The van der Waals surface area contributed by atoms with Crippen molar-refractivity contribution >= 4 is 12.0 Å². The zero-order chi connectivity index (χ0) is 12.1. The van der Waals surface area contributed by atoms with E-state index < -0.39 is 23.2 Å². The Hall–Kier alpha value is -2.22. The zero-order valence-electron chi connectivity index (χ0n) is 8.08. The number of allylic oxidation sites excluding steroid dienone is 1. The van der Waals surface area contributed by atoms with E-state index in [1.807, 2.05) is 0 Å². The summed E-state index contributed by atoms with van der Waals surface area (Å²) in [5.74, 6) is -3.45.